The lowest BCUT2D eigenvalue weighted by Gasteiger charge is -2.10. The van der Waals surface area contributed by atoms with Gasteiger partial charge in [0.05, 0.1) is 0 Å². The molecule has 0 aliphatic rings. The average molecular weight is 401 g/mol. The molecule has 8 nitrogen and oxygen atoms in total. The van der Waals surface area contributed by atoms with Crippen LogP contribution in [0.4, 0.5) is 5.69 Å². The number of benzene rings is 2. The van der Waals surface area contributed by atoms with Crippen LogP contribution < -0.4 is 14.8 Å². The van der Waals surface area contributed by atoms with E-state index < -0.39 is 0 Å². The van der Waals surface area contributed by atoms with E-state index in [1.54, 1.807) is 59.5 Å². The Morgan fingerprint density at radius 3 is 2.53 bits per heavy atom. The molecule has 1 N–H and O–H groups in total. The van der Waals surface area contributed by atoms with Gasteiger partial charge in [0.15, 0.2) is 12.4 Å². The molecule has 0 fully saturated rings. The van der Waals surface area contributed by atoms with Crippen molar-refractivity contribution in [2.24, 2.45) is 0 Å². The number of nitrogens with one attached hydrogen (secondary N) is 1. The third-order valence-electron chi connectivity index (χ3n) is 4.18. The zero-order chi connectivity index (χ0) is 20.8. The zero-order valence-electron chi connectivity index (χ0n) is 16.2. The van der Waals surface area contributed by atoms with Crippen molar-refractivity contribution in [3.63, 3.8) is 0 Å². The van der Waals surface area contributed by atoms with Crippen molar-refractivity contribution in [2.45, 2.75) is 6.92 Å². The van der Waals surface area contributed by atoms with Crippen molar-refractivity contribution in [3.05, 3.63) is 84.7 Å². The van der Waals surface area contributed by atoms with E-state index in [4.69, 9.17) is 9.47 Å². The van der Waals surface area contributed by atoms with Crippen LogP contribution in [0.15, 0.2) is 79.1 Å². The minimum absolute atomic E-state index is 0.0682. The van der Waals surface area contributed by atoms with Crippen molar-refractivity contribution in [2.75, 3.05) is 11.9 Å². The molecule has 0 saturated heterocycles. The highest BCUT2D eigenvalue weighted by atomic mass is 16.5. The lowest BCUT2D eigenvalue weighted by molar-refractivity contribution is -0.118. The van der Waals surface area contributed by atoms with Gasteiger partial charge in [0.25, 0.3) is 5.91 Å². The molecule has 0 saturated carbocycles. The second-order valence-corrected chi connectivity index (χ2v) is 6.41. The van der Waals surface area contributed by atoms with E-state index in [2.05, 4.69) is 20.6 Å². The number of carbonyl (C=O) groups is 1. The number of hydrogen-bond acceptors (Lipinski definition) is 6. The smallest absolute Gasteiger partial charge is 0.262 e. The van der Waals surface area contributed by atoms with Gasteiger partial charge >= 0.3 is 0 Å². The lowest BCUT2D eigenvalue weighted by atomic mass is 10.2. The Balaban J connectivity index is 1.30. The zero-order valence-corrected chi connectivity index (χ0v) is 16.2. The van der Waals surface area contributed by atoms with Gasteiger partial charge < -0.3 is 14.8 Å². The Morgan fingerprint density at radius 2 is 1.83 bits per heavy atom. The summed E-state index contributed by atoms with van der Waals surface area (Å²) in [6, 6.07) is 19.8. The molecule has 4 rings (SSSR count). The molecule has 4 aromatic rings. The van der Waals surface area contributed by atoms with Gasteiger partial charge in [-0.1, -0.05) is 18.2 Å². The van der Waals surface area contributed by atoms with E-state index in [0.29, 0.717) is 28.9 Å². The van der Waals surface area contributed by atoms with Crippen molar-refractivity contribution >= 4 is 11.6 Å². The molecule has 2 heterocycles. The number of para-hydroxylation sites is 1. The Kier molecular flexibility index (Phi) is 5.66. The quantitative estimate of drug-likeness (QED) is 0.507. The summed E-state index contributed by atoms with van der Waals surface area (Å²) in [7, 11) is 0. The molecule has 30 heavy (non-hydrogen) atoms. The molecule has 2 aromatic carbocycles. The van der Waals surface area contributed by atoms with E-state index in [1.165, 1.54) is 0 Å². The number of anilines is 1. The van der Waals surface area contributed by atoms with Crippen LogP contribution in [-0.4, -0.2) is 32.5 Å². The highest BCUT2D eigenvalue weighted by Crippen LogP contribution is 2.21. The second-order valence-electron chi connectivity index (χ2n) is 6.41. The van der Waals surface area contributed by atoms with Crippen LogP contribution in [-0.2, 0) is 4.79 Å². The van der Waals surface area contributed by atoms with Gasteiger partial charge in [-0.15, -0.1) is 10.2 Å². The van der Waals surface area contributed by atoms with E-state index in [1.807, 2.05) is 31.2 Å². The summed E-state index contributed by atoms with van der Waals surface area (Å²) in [6.45, 7) is 1.86. The van der Waals surface area contributed by atoms with Gasteiger partial charge in [-0.05, 0) is 55.0 Å². The Morgan fingerprint density at radius 1 is 1.00 bits per heavy atom. The van der Waals surface area contributed by atoms with Crippen molar-refractivity contribution < 1.29 is 14.3 Å². The molecule has 0 atom stereocenters. The van der Waals surface area contributed by atoms with Crippen molar-refractivity contribution in [1.29, 1.82) is 0 Å². The molecular weight excluding hydrogens is 382 g/mol. The summed E-state index contributed by atoms with van der Waals surface area (Å²) < 4.78 is 12.8. The monoisotopic (exact) mass is 401 g/mol. The summed E-state index contributed by atoms with van der Waals surface area (Å²) in [6.07, 6.45) is 3.45. The summed E-state index contributed by atoms with van der Waals surface area (Å²) >= 11 is 0. The predicted octanol–water partition coefficient (Wildman–Crippen LogP) is 3.78. The Bertz CT molecular complexity index is 1110. The standard InChI is InChI=1S/C22H19N5O3/c1-16-5-2-3-6-19(16)29-15-21(28)24-17-7-9-18(10-8-17)30-22-12-11-20(25-26-22)27-14-4-13-23-27/h2-14H,15H2,1H3,(H,24,28). The first-order chi connectivity index (χ1) is 14.7. The van der Waals surface area contributed by atoms with Crippen LogP contribution >= 0.6 is 0 Å². The third kappa shape index (κ3) is 4.79. The lowest BCUT2D eigenvalue weighted by Crippen LogP contribution is -2.20. The van der Waals surface area contributed by atoms with Gasteiger partial charge in [0.2, 0.25) is 5.88 Å². The van der Waals surface area contributed by atoms with Gasteiger partial charge in [-0.2, -0.15) is 5.10 Å². The van der Waals surface area contributed by atoms with Crippen molar-refractivity contribution in [3.8, 4) is 23.2 Å². The second kappa shape index (κ2) is 8.87. The molecule has 0 aliphatic heterocycles. The van der Waals surface area contributed by atoms with E-state index in [-0.39, 0.29) is 12.5 Å². The predicted molar refractivity (Wildman–Crippen MR) is 111 cm³/mol. The number of aryl methyl sites for hydroxylation is 1. The van der Waals surface area contributed by atoms with E-state index in [0.717, 1.165) is 5.56 Å². The Labute approximate surface area is 173 Å². The molecule has 0 radical (unpaired) electrons. The average Bonchev–Trinajstić information content (AvgIpc) is 3.30. The van der Waals surface area contributed by atoms with Crippen LogP contribution in [0.25, 0.3) is 5.82 Å². The fourth-order valence-electron chi connectivity index (χ4n) is 2.68. The molecular formula is C22H19N5O3. The number of aromatic nitrogens is 4. The third-order valence-corrected chi connectivity index (χ3v) is 4.18. The highest BCUT2D eigenvalue weighted by molar-refractivity contribution is 5.91. The first-order valence-electron chi connectivity index (χ1n) is 9.27. The van der Waals surface area contributed by atoms with Crippen molar-refractivity contribution in [1.82, 2.24) is 20.0 Å². The number of carbonyl (C=O) groups excluding carboxylic acids is 1. The molecule has 0 unspecified atom stereocenters. The van der Waals surface area contributed by atoms with Crippen LogP contribution in [0.5, 0.6) is 17.4 Å². The molecule has 8 heteroatoms. The maximum atomic E-state index is 12.1. The number of nitrogens with zero attached hydrogens (tertiary/aromatic N) is 4. The van der Waals surface area contributed by atoms with E-state index >= 15 is 0 Å². The number of amides is 1. The summed E-state index contributed by atoms with van der Waals surface area (Å²) in [5, 5.41) is 15.0. The van der Waals surface area contributed by atoms with Gasteiger partial charge in [0, 0.05) is 24.1 Å². The first kappa shape index (κ1) is 19.1. The maximum Gasteiger partial charge on any atom is 0.262 e. The summed E-state index contributed by atoms with van der Waals surface area (Å²) in [4.78, 5) is 12.1. The first-order valence-corrected chi connectivity index (χ1v) is 9.27. The summed E-state index contributed by atoms with van der Waals surface area (Å²) in [5.74, 6) is 1.97. The molecule has 1 amide bonds. The highest BCUT2D eigenvalue weighted by Gasteiger charge is 2.07. The Hall–Kier alpha value is -4.20. The molecule has 0 aliphatic carbocycles. The SMILES string of the molecule is Cc1ccccc1OCC(=O)Nc1ccc(Oc2ccc(-n3cccn3)nn2)cc1. The van der Waals surface area contributed by atoms with Crippen LogP contribution in [0.3, 0.4) is 0 Å². The minimum Gasteiger partial charge on any atom is -0.483 e. The minimum atomic E-state index is -0.244. The fraction of sp³-hybridized carbons (Fsp3) is 0.0909. The maximum absolute atomic E-state index is 12.1. The summed E-state index contributed by atoms with van der Waals surface area (Å²) in [5.41, 5.74) is 1.62. The molecule has 2 aromatic heterocycles. The number of hydrogen-bond donors (Lipinski definition) is 1. The van der Waals surface area contributed by atoms with Gasteiger partial charge in [-0.25, -0.2) is 4.68 Å². The normalized spacial score (nSPS) is 10.4. The van der Waals surface area contributed by atoms with E-state index in [9.17, 15) is 4.79 Å². The van der Waals surface area contributed by atoms with Crippen LogP contribution in [0, 0.1) is 6.92 Å². The van der Waals surface area contributed by atoms with Gasteiger partial charge in [0.1, 0.15) is 11.5 Å². The fourth-order valence-corrected chi connectivity index (χ4v) is 2.68. The van der Waals surface area contributed by atoms with Gasteiger partial charge in [-0.3, -0.25) is 4.79 Å². The van der Waals surface area contributed by atoms with Crippen LogP contribution in [0.2, 0.25) is 0 Å². The molecule has 0 bridgehead atoms. The molecule has 150 valence electrons. The topological polar surface area (TPSA) is 91.2 Å². The number of rotatable bonds is 7. The number of ether oxygens (including phenoxy) is 2. The largest absolute Gasteiger partial charge is 0.483 e. The van der Waals surface area contributed by atoms with Crippen LogP contribution in [0.1, 0.15) is 5.56 Å². The molecule has 0 spiro atoms.